The van der Waals surface area contributed by atoms with Gasteiger partial charge in [0, 0.05) is 12.7 Å². The number of carbonyl (C=O) groups is 1. The highest BCUT2D eigenvalue weighted by molar-refractivity contribution is 7.80. The van der Waals surface area contributed by atoms with Crippen LogP contribution < -0.4 is 21.5 Å². The third kappa shape index (κ3) is 5.17. The molecule has 1 amide bonds. The van der Waals surface area contributed by atoms with Gasteiger partial charge in [0.15, 0.2) is 5.11 Å². The maximum Gasteiger partial charge on any atom is 0.257 e. The van der Waals surface area contributed by atoms with Crippen LogP contribution in [0.1, 0.15) is 5.56 Å². The van der Waals surface area contributed by atoms with Crippen LogP contribution in [-0.2, 0) is 4.79 Å². The Morgan fingerprint density at radius 1 is 1.24 bits per heavy atom. The standard InChI is InChI=1S/C11H16N4OS/c1-8-3-5-9(6-4-8)13-7-10(16)14-15-11(17)12-2/h3-6,13H,7H2,1-2H3,(H,14,16)(H2,12,15,17). The molecule has 0 heterocycles. The maximum absolute atomic E-state index is 11.4. The maximum atomic E-state index is 11.4. The first kappa shape index (κ1) is 13.2. The van der Waals surface area contributed by atoms with Crippen LogP contribution in [0.25, 0.3) is 0 Å². The Labute approximate surface area is 106 Å². The van der Waals surface area contributed by atoms with Gasteiger partial charge >= 0.3 is 0 Å². The first-order valence-electron chi connectivity index (χ1n) is 5.19. The number of hydrogen-bond acceptors (Lipinski definition) is 3. The minimum absolute atomic E-state index is 0.183. The van der Waals surface area contributed by atoms with E-state index in [1.54, 1.807) is 7.05 Å². The second-order valence-corrected chi connectivity index (χ2v) is 3.88. The van der Waals surface area contributed by atoms with Crippen LogP contribution in [0, 0.1) is 6.92 Å². The number of hydrogen-bond donors (Lipinski definition) is 4. The van der Waals surface area contributed by atoms with Crippen LogP contribution in [0.4, 0.5) is 5.69 Å². The molecule has 0 aromatic heterocycles. The summed E-state index contributed by atoms with van der Waals surface area (Å²) in [4.78, 5) is 11.4. The van der Waals surface area contributed by atoms with Gasteiger partial charge in [0.25, 0.3) is 5.91 Å². The molecule has 0 aliphatic heterocycles. The molecule has 0 aliphatic rings. The molecule has 0 unspecified atom stereocenters. The number of carbonyl (C=O) groups excluding carboxylic acids is 1. The van der Waals surface area contributed by atoms with E-state index in [1.807, 2.05) is 31.2 Å². The van der Waals surface area contributed by atoms with Crippen molar-refractivity contribution in [2.45, 2.75) is 6.92 Å². The number of anilines is 1. The fraction of sp³-hybridized carbons (Fsp3) is 0.273. The number of rotatable bonds is 3. The largest absolute Gasteiger partial charge is 0.376 e. The minimum atomic E-state index is -0.192. The van der Waals surface area contributed by atoms with Crippen LogP contribution in [0.5, 0.6) is 0 Å². The van der Waals surface area contributed by atoms with E-state index in [2.05, 4.69) is 21.5 Å². The normalized spacial score (nSPS) is 9.29. The molecule has 6 heteroatoms. The zero-order valence-electron chi connectivity index (χ0n) is 9.83. The molecule has 0 atom stereocenters. The van der Waals surface area contributed by atoms with Crippen molar-refractivity contribution in [3.05, 3.63) is 29.8 Å². The van der Waals surface area contributed by atoms with Crippen molar-refractivity contribution in [2.24, 2.45) is 0 Å². The lowest BCUT2D eigenvalue weighted by Crippen LogP contribution is -2.47. The van der Waals surface area contributed by atoms with E-state index < -0.39 is 0 Å². The molecule has 5 nitrogen and oxygen atoms in total. The van der Waals surface area contributed by atoms with Crippen molar-refractivity contribution in [3.63, 3.8) is 0 Å². The lowest BCUT2D eigenvalue weighted by atomic mass is 10.2. The van der Waals surface area contributed by atoms with Crippen LogP contribution in [-0.4, -0.2) is 24.6 Å². The number of hydrazine groups is 1. The topological polar surface area (TPSA) is 65.2 Å². The molecular formula is C11H16N4OS. The molecule has 0 saturated carbocycles. The molecule has 0 saturated heterocycles. The molecule has 0 radical (unpaired) electrons. The number of benzene rings is 1. The van der Waals surface area contributed by atoms with Crippen molar-refractivity contribution < 1.29 is 4.79 Å². The van der Waals surface area contributed by atoms with E-state index in [-0.39, 0.29) is 12.5 Å². The van der Waals surface area contributed by atoms with Gasteiger partial charge in [0.05, 0.1) is 6.54 Å². The Morgan fingerprint density at radius 2 is 1.88 bits per heavy atom. The fourth-order valence-electron chi connectivity index (χ4n) is 1.09. The van der Waals surface area contributed by atoms with Crippen LogP contribution in [0.15, 0.2) is 24.3 Å². The van der Waals surface area contributed by atoms with Crippen LogP contribution >= 0.6 is 12.2 Å². The Balaban J connectivity index is 2.28. The zero-order chi connectivity index (χ0) is 12.7. The van der Waals surface area contributed by atoms with Gasteiger partial charge in [-0.2, -0.15) is 0 Å². The van der Waals surface area contributed by atoms with Gasteiger partial charge in [-0.05, 0) is 31.3 Å². The average molecular weight is 252 g/mol. The van der Waals surface area contributed by atoms with E-state index in [1.165, 1.54) is 5.56 Å². The van der Waals surface area contributed by atoms with Gasteiger partial charge in [0.1, 0.15) is 0 Å². The quantitative estimate of drug-likeness (QED) is 0.467. The van der Waals surface area contributed by atoms with E-state index >= 15 is 0 Å². The van der Waals surface area contributed by atoms with Gasteiger partial charge in [0.2, 0.25) is 0 Å². The second kappa shape index (κ2) is 6.70. The zero-order valence-corrected chi connectivity index (χ0v) is 10.6. The van der Waals surface area contributed by atoms with E-state index in [4.69, 9.17) is 12.2 Å². The highest BCUT2D eigenvalue weighted by Gasteiger charge is 2.00. The molecule has 0 bridgehead atoms. The monoisotopic (exact) mass is 252 g/mol. The third-order valence-corrected chi connectivity index (χ3v) is 2.35. The van der Waals surface area contributed by atoms with Crippen molar-refractivity contribution in [2.75, 3.05) is 18.9 Å². The first-order chi connectivity index (χ1) is 8.11. The Hall–Kier alpha value is -1.82. The Kier molecular flexibility index (Phi) is 5.22. The molecule has 0 fully saturated rings. The number of aryl methyl sites for hydroxylation is 1. The molecule has 0 spiro atoms. The van der Waals surface area contributed by atoms with Crippen LogP contribution in [0.3, 0.4) is 0 Å². The van der Waals surface area contributed by atoms with Crippen molar-refractivity contribution in [3.8, 4) is 0 Å². The minimum Gasteiger partial charge on any atom is -0.376 e. The van der Waals surface area contributed by atoms with E-state index in [9.17, 15) is 4.79 Å². The summed E-state index contributed by atoms with van der Waals surface area (Å²) < 4.78 is 0. The van der Waals surface area contributed by atoms with Crippen molar-refractivity contribution in [1.82, 2.24) is 16.2 Å². The van der Waals surface area contributed by atoms with Gasteiger partial charge < -0.3 is 10.6 Å². The number of nitrogens with one attached hydrogen (secondary N) is 4. The summed E-state index contributed by atoms with van der Waals surface area (Å²) in [6, 6.07) is 7.81. The van der Waals surface area contributed by atoms with Crippen molar-refractivity contribution in [1.29, 1.82) is 0 Å². The first-order valence-corrected chi connectivity index (χ1v) is 5.59. The molecule has 4 N–H and O–H groups in total. The number of amides is 1. The summed E-state index contributed by atoms with van der Waals surface area (Å²) in [6.45, 7) is 2.20. The Bertz CT molecular complexity index is 391. The molecule has 1 rings (SSSR count). The van der Waals surface area contributed by atoms with Gasteiger partial charge in [-0.15, -0.1) is 0 Å². The molecule has 92 valence electrons. The summed E-state index contributed by atoms with van der Waals surface area (Å²) in [5, 5.41) is 6.05. The second-order valence-electron chi connectivity index (χ2n) is 3.47. The molecule has 17 heavy (non-hydrogen) atoms. The average Bonchev–Trinajstić information content (AvgIpc) is 2.35. The van der Waals surface area contributed by atoms with Crippen LogP contribution in [0.2, 0.25) is 0 Å². The Morgan fingerprint density at radius 3 is 2.47 bits per heavy atom. The van der Waals surface area contributed by atoms with Gasteiger partial charge in [-0.1, -0.05) is 17.7 Å². The summed E-state index contributed by atoms with van der Waals surface area (Å²) in [5.74, 6) is -0.192. The SMILES string of the molecule is CNC(=S)NNC(=O)CNc1ccc(C)cc1. The van der Waals surface area contributed by atoms with Gasteiger partial charge in [-0.3, -0.25) is 15.6 Å². The predicted molar refractivity (Wildman–Crippen MR) is 72.6 cm³/mol. The lowest BCUT2D eigenvalue weighted by molar-refractivity contribution is -0.119. The molecular weight excluding hydrogens is 236 g/mol. The van der Waals surface area contributed by atoms with E-state index in [0.717, 1.165) is 5.69 Å². The summed E-state index contributed by atoms with van der Waals surface area (Å²) in [5.41, 5.74) is 7.10. The summed E-state index contributed by atoms with van der Waals surface area (Å²) in [7, 11) is 1.67. The third-order valence-electron chi connectivity index (χ3n) is 2.05. The predicted octanol–water partition coefficient (Wildman–Crippen LogP) is 0.532. The highest BCUT2D eigenvalue weighted by atomic mass is 32.1. The van der Waals surface area contributed by atoms with Gasteiger partial charge in [-0.25, -0.2) is 0 Å². The molecule has 1 aromatic rings. The lowest BCUT2D eigenvalue weighted by Gasteiger charge is -2.10. The highest BCUT2D eigenvalue weighted by Crippen LogP contribution is 2.07. The number of thiocarbonyl (C=S) groups is 1. The summed E-state index contributed by atoms with van der Waals surface area (Å²) in [6.07, 6.45) is 0. The fourth-order valence-corrected chi connectivity index (χ4v) is 1.14. The summed E-state index contributed by atoms with van der Waals surface area (Å²) >= 11 is 4.81. The smallest absolute Gasteiger partial charge is 0.257 e. The van der Waals surface area contributed by atoms with Crippen molar-refractivity contribution >= 4 is 28.9 Å². The molecule has 0 aliphatic carbocycles. The van der Waals surface area contributed by atoms with E-state index in [0.29, 0.717) is 5.11 Å². The molecule has 1 aromatic carbocycles.